The monoisotopic (exact) mass is 380 g/mol. The molecule has 0 amide bonds. The zero-order chi connectivity index (χ0) is 18.7. The van der Waals surface area contributed by atoms with E-state index in [0.717, 1.165) is 24.9 Å². The van der Waals surface area contributed by atoms with Crippen LogP contribution in [0.15, 0.2) is 45.9 Å². The first-order valence-corrected chi connectivity index (χ1v) is 10.4. The van der Waals surface area contributed by atoms with Crippen molar-refractivity contribution in [3.8, 4) is 0 Å². The first kappa shape index (κ1) is 19.1. The van der Waals surface area contributed by atoms with Crippen LogP contribution in [0.25, 0.3) is 0 Å². The van der Waals surface area contributed by atoms with Crippen LogP contribution in [-0.4, -0.2) is 37.3 Å². The van der Waals surface area contributed by atoms with Crippen LogP contribution in [0, 0.1) is 5.82 Å². The lowest BCUT2D eigenvalue weighted by Crippen LogP contribution is -2.27. The Labute approximate surface area is 154 Å². The molecule has 5 nitrogen and oxygen atoms in total. The second kappa shape index (κ2) is 7.90. The highest BCUT2D eigenvalue weighted by Crippen LogP contribution is 2.26. The number of nitrogens with zero attached hydrogens (tertiary/aromatic N) is 2. The largest absolute Gasteiger partial charge is 0.447 e. The van der Waals surface area contributed by atoms with Crippen molar-refractivity contribution in [2.24, 2.45) is 0 Å². The molecule has 1 unspecified atom stereocenters. The van der Waals surface area contributed by atoms with Crippen molar-refractivity contribution in [1.29, 1.82) is 0 Å². The second-order valence-corrected chi connectivity index (χ2v) is 8.49. The van der Waals surface area contributed by atoms with Gasteiger partial charge in [-0.25, -0.2) is 12.8 Å². The minimum atomic E-state index is -3.53. The Kier molecular flexibility index (Phi) is 5.79. The molecule has 1 aliphatic rings. The number of rotatable bonds is 7. The van der Waals surface area contributed by atoms with Crippen LogP contribution in [0.5, 0.6) is 0 Å². The molecule has 2 heterocycles. The molecule has 1 aromatic carbocycles. The molecule has 1 saturated heterocycles. The Bertz CT molecular complexity index is 827. The Balaban J connectivity index is 1.73. The summed E-state index contributed by atoms with van der Waals surface area (Å²) in [6, 6.07) is 9.77. The van der Waals surface area contributed by atoms with Gasteiger partial charge in [-0.2, -0.15) is 4.31 Å². The first-order chi connectivity index (χ1) is 12.4. The third-order valence-electron chi connectivity index (χ3n) is 4.96. The summed E-state index contributed by atoms with van der Waals surface area (Å²) < 4.78 is 45.4. The first-order valence-electron chi connectivity index (χ1n) is 9.00. The number of benzene rings is 1. The van der Waals surface area contributed by atoms with E-state index in [1.807, 2.05) is 13.8 Å². The maximum absolute atomic E-state index is 13.1. The lowest BCUT2D eigenvalue weighted by atomic mass is 10.1. The van der Waals surface area contributed by atoms with Gasteiger partial charge in [-0.15, -0.1) is 0 Å². The van der Waals surface area contributed by atoms with Crippen molar-refractivity contribution in [1.82, 2.24) is 9.21 Å². The molecule has 2 aromatic rings. The van der Waals surface area contributed by atoms with Crippen LogP contribution in [0.2, 0.25) is 0 Å². The van der Waals surface area contributed by atoms with Gasteiger partial charge in [-0.3, -0.25) is 4.90 Å². The fourth-order valence-electron chi connectivity index (χ4n) is 3.31. The predicted octanol–water partition coefficient (Wildman–Crippen LogP) is 3.79. The lowest BCUT2D eigenvalue weighted by molar-refractivity contribution is 0.191. The average molecular weight is 380 g/mol. The van der Waals surface area contributed by atoms with Crippen LogP contribution in [0.1, 0.15) is 44.1 Å². The van der Waals surface area contributed by atoms with E-state index in [9.17, 15) is 12.8 Å². The van der Waals surface area contributed by atoms with Crippen LogP contribution in [0.3, 0.4) is 0 Å². The van der Waals surface area contributed by atoms with E-state index in [1.54, 1.807) is 24.3 Å². The molecule has 3 rings (SSSR count). The van der Waals surface area contributed by atoms with Gasteiger partial charge in [0.15, 0.2) is 0 Å². The molecule has 142 valence electrons. The number of furan rings is 1. The molecule has 1 fully saturated rings. The molecular formula is C19H25FN2O3S. The Morgan fingerprint density at radius 2 is 1.81 bits per heavy atom. The molecule has 0 spiro atoms. The minimum absolute atomic E-state index is 0.0138. The normalized spacial score (nSPS) is 17.1. The summed E-state index contributed by atoms with van der Waals surface area (Å²) in [6.45, 7) is 6.44. The molecule has 26 heavy (non-hydrogen) atoms. The summed E-state index contributed by atoms with van der Waals surface area (Å²) in [6.07, 6.45) is 1.79. The third kappa shape index (κ3) is 4.00. The van der Waals surface area contributed by atoms with E-state index in [0.29, 0.717) is 25.4 Å². The number of hydrogen-bond acceptors (Lipinski definition) is 4. The smallest absolute Gasteiger partial charge is 0.276 e. The van der Waals surface area contributed by atoms with Crippen LogP contribution in [0.4, 0.5) is 4.39 Å². The molecule has 1 aliphatic heterocycles. The van der Waals surface area contributed by atoms with Crippen molar-refractivity contribution in [3.63, 3.8) is 0 Å². The molecule has 0 bridgehead atoms. The van der Waals surface area contributed by atoms with Gasteiger partial charge in [-0.1, -0.05) is 19.1 Å². The fourth-order valence-corrected chi connectivity index (χ4v) is 4.76. The van der Waals surface area contributed by atoms with Gasteiger partial charge < -0.3 is 4.42 Å². The van der Waals surface area contributed by atoms with Crippen LogP contribution in [-0.2, 0) is 16.6 Å². The zero-order valence-electron chi connectivity index (χ0n) is 15.2. The standard InChI is InChI=1S/C19H25FN2O3S/c1-3-21(15(2)16-6-8-17(20)9-7-16)14-18-10-11-19(25-18)26(23,24)22-12-4-5-13-22/h6-11,15H,3-5,12-14H2,1-2H3. The molecule has 1 aromatic heterocycles. The maximum Gasteiger partial charge on any atom is 0.276 e. The molecule has 1 atom stereocenters. The maximum atomic E-state index is 13.1. The van der Waals surface area contributed by atoms with Gasteiger partial charge in [0.05, 0.1) is 6.54 Å². The highest BCUT2D eigenvalue weighted by atomic mass is 32.2. The van der Waals surface area contributed by atoms with E-state index in [2.05, 4.69) is 4.90 Å². The summed E-state index contributed by atoms with van der Waals surface area (Å²) in [7, 11) is -3.53. The average Bonchev–Trinajstić information content (AvgIpc) is 3.32. The molecule has 7 heteroatoms. The molecular weight excluding hydrogens is 355 g/mol. The van der Waals surface area contributed by atoms with Crippen molar-refractivity contribution in [2.75, 3.05) is 19.6 Å². The van der Waals surface area contributed by atoms with Crippen molar-refractivity contribution >= 4 is 10.0 Å². The molecule has 0 saturated carbocycles. The Hall–Kier alpha value is -1.70. The number of sulfonamides is 1. The molecule has 0 aliphatic carbocycles. The van der Waals surface area contributed by atoms with Crippen LogP contribution >= 0.6 is 0 Å². The van der Waals surface area contributed by atoms with Gasteiger partial charge in [0.1, 0.15) is 11.6 Å². The van der Waals surface area contributed by atoms with Gasteiger partial charge >= 0.3 is 0 Å². The topological polar surface area (TPSA) is 53.8 Å². The van der Waals surface area contributed by atoms with Gasteiger partial charge in [-0.05, 0) is 56.1 Å². The fraction of sp³-hybridized carbons (Fsp3) is 0.474. The predicted molar refractivity (Wildman–Crippen MR) is 97.6 cm³/mol. The Morgan fingerprint density at radius 1 is 1.15 bits per heavy atom. The lowest BCUT2D eigenvalue weighted by Gasteiger charge is -2.27. The summed E-state index contributed by atoms with van der Waals surface area (Å²) in [5, 5.41) is 0.0138. The summed E-state index contributed by atoms with van der Waals surface area (Å²) >= 11 is 0. The van der Waals surface area contributed by atoms with Crippen molar-refractivity contribution in [3.05, 3.63) is 53.5 Å². The highest BCUT2D eigenvalue weighted by Gasteiger charge is 2.30. The SMILES string of the molecule is CCN(Cc1ccc(S(=O)(=O)N2CCCC2)o1)C(C)c1ccc(F)cc1. The molecule has 0 radical (unpaired) electrons. The van der Waals surface area contributed by atoms with Gasteiger partial charge in [0.25, 0.3) is 10.0 Å². The van der Waals surface area contributed by atoms with E-state index < -0.39 is 10.0 Å². The van der Waals surface area contributed by atoms with Gasteiger partial charge in [0, 0.05) is 19.1 Å². The summed E-state index contributed by atoms with van der Waals surface area (Å²) in [5.41, 5.74) is 1.00. The highest BCUT2D eigenvalue weighted by molar-refractivity contribution is 7.89. The summed E-state index contributed by atoms with van der Waals surface area (Å²) in [4.78, 5) is 2.15. The van der Waals surface area contributed by atoms with E-state index in [-0.39, 0.29) is 17.0 Å². The van der Waals surface area contributed by atoms with Gasteiger partial charge in [0.2, 0.25) is 5.09 Å². The van der Waals surface area contributed by atoms with E-state index >= 15 is 0 Å². The minimum Gasteiger partial charge on any atom is -0.447 e. The van der Waals surface area contributed by atoms with E-state index in [4.69, 9.17) is 4.42 Å². The van der Waals surface area contributed by atoms with Crippen molar-refractivity contribution in [2.45, 2.75) is 44.4 Å². The second-order valence-electron chi connectivity index (χ2n) is 6.62. The number of halogens is 1. The quantitative estimate of drug-likeness (QED) is 0.733. The van der Waals surface area contributed by atoms with Crippen molar-refractivity contribution < 1.29 is 17.2 Å². The Morgan fingerprint density at radius 3 is 2.42 bits per heavy atom. The van der Waals surface area contributed by atoms with E-state index in [1.165, 1.54) is 16.4 Å². The molecule has 0 N–H and O–H groups in total. The summed E-state index contributed by atoms with van der Waals surface area (Å²) in [5.74, 6) is 0.352. The number of hydrogen-bond donors (Lipinski definition) is 0. The van der Waals surface area contributed by atoms with Crippen LogP contribution < -0.4 is 0 Å². The zero-order valence-corrected chi connectivity index (χ0v) is 16.0. The third-order valence-corrected chi connectivity index (χ3v) is 6.73.